The van der Waals surface area contributed by atoms with Gasteiger partial charge in [0, 0.05) is 23.7 Å². The average molecular weight is 299 g/mol. The Labute approximate surface area is 149 Å². The van der Waals surface area contributed by atoms with Gasteiger partial charge >= 0.3 is 51.4 Å². The van der Waals surface area contributed by atoms with Crippen LogP contribution in [0.3, 0.4) is 0 Å². The van der Waals surface area contributed by atoms with Crippen LogP contribution in [0.5, 0.6) is 0 Å². The molecule has 7 heteroatoms. The van der Waals surface area contributed by atoms with Crippen molar-refractivity contribution in [3.63, 3.8) is 0 Å². The van der Waals surface area contributed by atoms with Crippen LogP contribution in [0.15, 0.2) is 29.2 Å². The first kappa shape index (κ1) is 17.9. The van der Waals surface area contributed by atoms with Gasteiger partial charge in [0.1, 0.15) is 0 Å². The second-order valence-electron chi connectivity index (χ2n) is 3.16. The summed E-state index contributed by atoms with van der Waals surface area (Å²) >= 11 is 0. The Hall–Kier alpha value is 0.916. The molecule has 0 bridgehead atoms. The summed E-state index contributed by atoms with van der Waals surface area (Å²) in [6, 6.07) is 6.93. The number of hydrogen-bond acceptors (Lipinski definition) is 5. The molecule has 0 N–H and O–H groups in total. The van der Waals surface area contributed by atoms with E-state index < -0.39 is 9.15 Å². The second-order valence-corrected chi connectivity index (χ2v) is 6.34. The summed E-state index contributed by atoms with van der Waals surface area (Å²) in [6.45, 7) is 5.88. The molecule has 0 radical (unpaired) electrons. The Kier molecular flexibility index (Phi) is 8.60. The Balaban J connectivity index is 0.00000256. The van der Waals surface area contributed by atoms with E-state index in [2.05, 4.69) is 4.90 Å². The first-order chi connectivity index (χ1) is 7.46. The third-order valence-electron chi connectivity index (χ3n) is 2.16. The molecule has 4 nitrogen and oxygen atoms in total. The summed E-state index contributed by atoms with van der Waals surface area (Å²) in [5, 5.41) is 0. The minimum Gasteiger partial charge on any atom is -0.739 e. The van der Waals surface area contributed by atoms with E-state index in [0.29, 0.717) is 15.7 Å². The Morgan fingerprint density at radius 2 is 1.65 bits per heavy atom. The van der Waals surface area contributed by atoms with Crippen LogP contribution in [-0.2, 0) is 9.15 Å². The summed E-state index contributed by atoms with van der Waals surface area (Å²) < 4.78 is 31.6. The van der Waals surface area contributed by atoms with Crippen LogP contribution in [0.25, 0.3) is 0 Å². The van der Waals surface area contributed by atoms with Crippen molar-refractivity contribution in [2.45, 2.75) is 18.7 Å². The zero-order valence-electron chi connectivity index (χ0n) is 10.2. The van der Waals surface area contributed by atoms with Crippen LogP contribution in [0.4, 0.5) is 5.69 Å². The van der Waals surface area contributed by atoms with Crippen molar-refractivity contribution in [3.05, 3.63) is 24.3 Å². The Morgan fingerprint density at radius 1 is 1.18 bits per heavy atom. The first-order valence-corrected chi connectivity index (χ1v) is 7.70. The second kappa shape index (κ2) is 8.16. The van der Waals surface area contributed by atoms with Gasteiger partial charge in [-0.3, -0.25) is 0 Å². The molecule has 0 aliphatic rings. The van der Waals surface area contributed by atoms with E-state index in [-0.39, 0.29) is 51.4 Å². The van der Waals surface area contributed by atoms with Crippen molar-refractivity contribution in [2.24, 2.45) is 0 Å². The van der Waals surface area contributed by atoms with Crippen molar-refractivity contribution < 1.29 is 64.4 Å². The average Bonchev–Trinajstić information content (AvgIpc) is 2.20. The molecule has 0 spiro atoms. The number of hydrogen-bond donors (Lipinski definition) is 0. The molecule has 17 heavy (non-hydrogen) atoms. The fourth-order valence-corrected chi connectivity index (χ4v) is 2.94. The molecular weight excluding hydrogens is 285 g/mol. The van der Waals surface area contributed by atoms with Crippen LogP contribution < -0.4 is 56.3 Å². The van der Waals surface area contributed by atoms with E-state index in [1.165, 1.54) is 0 Å². The molecule has 0 amide bonds. The summed E-state index contributed by atoms with van der Waals surface area (Å²) in [6.07, 6.45) is 0. The fraction of sp³-hybridized carbons (Fsp3) is 0.400. The van der Waals surface area contributed by atoms with Crippen molar-refractivity contribution >= 4 is 25.6 Å². The number of nitrogens with zero attached hydrogens (tertiary/aromatic N) is 1. The minimum atomic E-state index is -4.27. The van der Waals surface area contributed by atoms with Gasteiger partial charge in [0.15, 0.2) is 9.15 Å². The van der Waals surface area contributed by atoms with E-state index >= 15 is 0 Å². The summed E-state index contributed by atoms with van der Waals surface area (Å²) in [5.41, 5.74) is 1.03. The molecule has 90 valence electrons. The van der Waals surface area contributed by atoms with Gasteiger partial charge in [-0.1, -0.05) is 0 Å². The molecule has 0 aliphatic heterocycles. The van der Waals surface area contributed by atoms with E-state index in [4.69, 9.17) is 0 Å². The van der Waals surface area contributed by atoms with Crippen molar-refractivity contribution in [1.82, 2.24) is 0 Å². The predicted octanol–water partition coefficient (Wildman–Crippen LogP) is -0.911. The molecule has 0 aromatic heterocycles. The molecule has 0 unspecified atom stereocenters. The third kappa shape index (κ3) is 6.58. The zero-order valence-corrected chi connectivity index (χ0v) is 15.0. The number of rotatable bonds is 5. The maximum atomic E-state index is 10.5. The molecular formula is C10H14KNO3S2. The number of benzene rings is 1. The van der Waals surface area contributed by atoms with Crippen LogP contribution >= 0.6 is 10.8 Å². The summed E-state index contributed by atoms with van der Waals surface area (Å²) in [4.78, 5) is 2.59. The maximum absolute atomic E-state index is 10.5. The van der Waals surface area contributed by atoms with Crippen LogP contribution in [0.2, 0.25) is 0 Å². The normalized spacial score (nSPS) is 10.8. The standard InChI is InChI=1S/C10H15NO3S2.K/c1-3-11(4-2)9-5-7-10(8-6-9)15-16(12,13)14;/h5-8H,3-4H2,1-2H3,(H,12,13,14);/q;+1/p-1. The van der Waals surface area contributed by atoms with Gasteiger partial charge < -0.3 is 9.45 Å². The van der Waals surface area contributed by atoms with Gasteiger partial charge in [-0.2, -0.15) is 0 Å². The van der Waals surface area contributed by atoms with Crippen molar-refractivity contribution in [1.29, 1.82) is 0 Å². The molecule has 0 atom stereocenters. The SMILES string of the molecule is CCN(CC)c1ccc(SS(=O)(=O)[O-])cc1.[K+]. The molecule has 1 aromatic rings. The van der Waals surface area contributed by atoms with Gasteiger partial charge in [-0.05, 0) is 48.9 Å². The Morgan fingerprint density at radius 3 is 2.00 bits per heavy atom. The largest absolute Gasteiger partial charge is 1.00 e. The van der Waals surface area contributed by atoms with Gasteiger partial charge in [-0.25, -0.2) is 8.42 Å². The van der Waals surface area contributed by atoms with Gasteiger partial charge in [0.2, 0.25) is 0 Å². The Bertz CT molecular complexity index is 429. The molecule has 0 heterocycles. The monoisotopic (exact) mass is 299 g/mol. The molecule has 1 aromatic carbocycles. The maximum Gasteiger partial charge on any atom is 1.00 e. The van der Waals surface area contributed by atoms with Crippen LogP contribution in [0, 0.1) is 0 Å². The summed E-state index contributed by atoms with van der Waals surface area (Å²) in [5.74, 6) is 0. The minimum absolute atomic E-state index is 0. The summed E-state index contributed by atoms with van der Waals surface area (Å²) in [7, 11) is -3.93. The fourth-order valence-electron chi connectivity index (χ4n) is 1.42. The molecule has 0 saturated carbocycles. The molecule has 0 fully saturated rings. The van der Waals surface area contributed by atoms with E-state index in [1.54, 1.807) is 12.1 Å². The van der Waals surface area contributed by atoms with Crippen LogP contribution in [-0.4, -0.2) is 26.1 Å². The predicted molar refractivity (Wildman–Crippen MR) is 65.6 cm³/mol. The smallest absolute Gasteiger partial charge is 0.739 e. The van der Waals surface area contributed by atoms with Crippen molar-refractivity contribution in [3.8, 4) is 0 Å². The van der Waals surface area contributed by atoms with E-state index in [1.807, 2.05) is 26.0 Å². The van der Waals surface area contributed by atoms with Gasteiger partial charge in [-0.15, -0.1) is 0 Å². The van der Waals surface area contributed by atoms with Gasteiger partial charge in [0.25, 0.3) is 0 Å². The van der Waals surface area contributed by atoms with Gasteiger partial charge in [0.05, 0.1) is 0 Å². The zero-order chi connectivity index (χ0) is 12.2. The van der Waals surface area contributed by atoms with E-state index in [0.717, 1.165) is 18.8 Å². The molecule has 0 aliphatic carbocycles. The van der Waals surface area contributed by atoms with Crippen LogP contribution in [0.1, 0.15) is 13.8 Å². The van der Waals surface area contributed by atoms with E-state index in [9.17, 15) is 13.0 Å². The van der Waals surface area contributed by atoms with Crippen molar-refractivity contribution in [2.75, 3.05) is 18.0 Å². The molecule has 1 rings (SSSR count). The topological polar surface area (TPSA) is 60.4 Å². The molecule has 0 saturated heterocycles. The first-order valence-electron chi connectivity index (χ1n) is 4.96. The number of anilines is 1. The quantitative estimate of drug-likeness (QED) is 0.400. The third-order valence-corrected chi connectivity index (χ3v) is 4.02.